The summed E-state index contributed by atoms with van der Waals surface area (Å²) in [5, 5.41) is -7.36. The Morgan fingerprint density at radius 2 is 0.731 bits per heavy atom. The molecule has 288 valence electrons. The molecule has 0 fully saturated rings. The average Bonchev–Trinajstić information content (AvgIpc) is 3.05. The molecule has 9 nitrogen and oxygen atoms in total. The Kier molecular flexibility index (Phi) is 22.6. The number of Topliss-reactive ketones (excluding diaryl/α,β-unsaturated/α-hetero) is 1. The summed E-state index contributed by atoms with van der Waals surface area (Å²) >= 11 is 46.4. The zero-order valence-corrected chi connectivity index (χ0v) is 34.2. The van der Waals surface area contributed by atoms with Crippen LogP contribution in [0.15, 0.2) is 30.3 Å². The highest BCUT2D eigenvalue weighted by Gasteiger charge is 2.37. The van der Waals surface area contributed by atoms with Crippen LogP contribution in [0.5, 0.6) is 0 Å². The Morgan fingerprint density at radius 1 is 0.442 bits per heavy atom. The van der Waals surface area contributed by atoms with Gasteiger partial charge in [0.1, 0.15) is 5.78 Å². The number of carbonyl (C=O) groups is 9. The summed E-state index contributed by atoms with van der Waals surface area (Å²) in [6.07, 6.45) is -2.06. The van der Waals surface area contributed by atoms with Crippen LogP contribution >= 0.6 is 92.8 Å². The molecule has 52 heavy (non-hydrogen) atoms. The van der Waals surface area contributed by atoms with Gasteiger partial charge in [-0.25, -0.2) is 0 Å². The first-order valence-corrected chi connectivity index (χ1v) is 19.3. The van der Waals surface area contributed by atoms with Gasteiger partial charge in [0, 0.05) is 59.7 Å². The van der Waals surface area contributed by atoms with Gasteiger partial charge in [-0.1, -0.05) is 44.2 Å². The van der Waals surface area contributed by atoms with E-state index in [0.29, 0.717) is 6.42 Å². The smallest absolute Gasteiger partial charge is 0.225 e. The topological polar surface area (TPSA) is 154 Å². The van der Waals surface area contributed by atoms with E-state index < -0.39 is 108 Å². The van der Waals surface area contributed by atoms with Crippen molar-refractivity contribution in [3.05, 3.63) is 35.9 Å². The summed E-state index contributed by atoms with van der Waals surface area (Å²) in [6, 6.07) is 8.90. The van der Waals surface area contributed by atoms with Gasteiger partial charge in [0.2, 0.25) is 41.9 Å². The van der Waals surface area contributed by atoms with Gasteiger partial charge >= 0.3 is 0 Å². The van der Waals surface area contributed by atoms with Crippen molar-refractivity contribution >= 4 is 141 Å². The second-order valence-corrected chi connectivity index (χ2v) is 15.9. The minimum absolute atomic E-state index is 0.107. The maximum absolute atomic E-state index is 13.3. The van der Waals surface area contributed by atoms with Gasteiger partial charge in [0.05, 0.1) is 0 Å². The van der Waals surface area contributed by atoms with Crippen LogP contribution in [0.25, 0.3) is 0 Å². The third-order valence-corrected chi connectivity index (χ3v) is 11.7. The Balaban J connectivity index is 3.24. The summed E-state index contributed by atoms with van der Waals surface area (Å²) in [6.45, 7) is 3.27. The van der Waals surface area contributed by atoms with E-state index in [2.05, 4.69) is 0 Å². The summed E-state index contributed by atoms with van der Waals surface area (Å²) in [7, 11) is 0. The first kappa shape index (κ1) is 48.6. The van der Waals surface area contributed by atoms with Crippen molar-refractivity contribution in [3.63, 3.8) is 0 Å². The van der Waals surface area contributed by atoms with E-state index in [-0.39, 0.29) is 44.3 Å². The van der Waals surface area contributed by atoms with Crippen molar-refractivity contribution in [2.75, 3.05) is 0 Å². The first-order valence-electron chi connectivity index (χ1n) is 16.3. The highest BCUT2D eigenvalue weighted by atomic mass is 35.5. The maximum Gasteiger partial charge on any atom is 0.225 e. The molecule has 17 heteroatoms. The van der Waals surface area contributed by atoms with Crippen molar-refractivity contribution in [1.29, 1.82) is 0 Å². The van der Waals surface area contributed by atoms with Crippen molar-refractivity contribution < 1.29 is 43.2 Å². The molecule has 0 heterocycles. The normalized spacial score (nSPS) is 16.6. The lowest BCUT2D eigenvalue weighted by Gasteiger charge is -2.27. The van der Waals surface area contributed by atoms with Crippen LogP contribution in [0.3, 0.4) is 0 Å². The van der Waals surface area contributed by atoms with Gasteiger partial charge in [-0.3, -0.25) is 43.2 Å². The van der Waals surface area contributed by atoms with Crippen molar-refractivity contribution in [2.24, 2.45) is 47.3 Å². The number of ketones is 1. The molecule has 0 bridgehead atoms. The van der Waals surface area contributed by atoms with E-state index in [1.165, 1.54) is 6.92 Å². The molecular formula is C35H38Cl8O9. The molecule has 1 aromatic rings. The molecule has 0 saturated carbocycles. The molecule has 0 aromatic heterocycles. The van der Waals surface area contributed by atoms with Crippen LogP contribution in [0, 0.1) is 47.3 Å². The van der Waals surface area contributed by atoms with Crippen molar-refractivity contribution in [2.45, 2.75) is 77.6 Å². The quantitative estimate of drug-likeness (QED) is 0.0788. The second kappa shape index (κ2) is 24.2. The fourth-order valence-electron chi connectivity index (χ4n) is 6.25. The molecule has 1 rings (SSSR count). The number of rotatable bonds is 27. The van der Waals surface area contributed by atoms with Crippen LogP contribution in [0.2, 0.25) is 0 Å². The maximum atomic E-state index is 13.3. The van der Waals surface area contributed by atoms with E-state index in [1.54, 1.807) is 30.3 Å². The zero-order chi connectivity index (χ0) is 39.9. The molecular weight excluding hydrogens is 848 g/mol. The summed E-state index contributed by atoms with van der Waals surface area (Å²) in [5.41, 5.74) is 0.741. The number of halogens is 8. The average molecular weight is 886 g/mol. The number of carbonyl (C=O) groups excluding carboxylic acids is 9. The largest absolute Gasteiger partial charge is 0.299 e. The van der Waals surface area contributed by atoms with Crippen LogP contribution in [-0.4, -0.2) is 47.7 Å². The van der Waals surface area contributed by atoms with Gasteiger partial charge in [-0.2, -0.15) is 0 Å². The van der Waals surface area contributed by atoms with Gasteiger partial charge in [0.15, 0.2) is 0 Å². The Labute approximate surface area is 342 Å². The van der Waals surface area contributed by atoms with Gasteiger partial charge in [-0.15, -0.1) is 0 Å². The standard InChI is InChI=1S/C35H38Cl8O9/c1-3-26(18-7-5-4-6-8-18)27(44)16-25(35(43)52)15-24(34(42)51)14-23(33(41)50)13-22(32(40)49)12-21(31(39)48)11-20(30(38)47)10-19(29(37)46)9-17(2)28(36)45/h4-8,17,19-26H,3,9-16H2,1-2H3. The molecule has 0 N–H and O–H groups in total. The number of benzene rings is 1. The predicted octanol–water partition coefficient (Wildman–Crippen LogP) is 8.94. The van der Waals surface area contributed by atoms with Crippen molar-refractivity contribution in [1.82, 2.24) is 0 Å². The number of hydrogen-bond donors (Lipinski definition) is 0. The van der Waals surface area contributed by atoms with Gasteiger partial charge in [-0.05, 0) is 150 Å². The molecule has 9 atom stereocenters. The molecule has 0 spiro atoms. The summed E-state index contributed by atoms with van der Waals surface area (Å²) in [5.74, 6) is -10.0. The Morgan fingerprint density at radius 3 is 1.00 bits per heavy atom. The minimum atomic E-state index is -1.28. The lowest BCUT2D eigenvalue weighted by molar-refractivity contribution is -0.126. The van der Waals surface area contributed by atoms with E-state index >= 15 is 0 Å². The second-order valence-electron chi connectivity index (χ2n) is 12.9. The lowest BCUT2D eigenvalue weighted by atomic mass is 9.78. The van der Waals surface area contributed by atoms with Crippen LogP contribution in [-0.2, 0) is 43.2 Å². The lowest BCUT2D eigenvalue weighted by Crippen LogP contribution is -2.29. The molecule has 0 saturated heterocycles. The zero-order valence-electron chi connectivity index (χ0n) is 28.1. The predicted molar refractivity (Wildman–Crippen MR) is 202 cm³/mol. The first-order chi connectivity index (χ1) is 24.2. The summed E-state index contributed by atoms with van der Waals surface area (Å²) in [4.78, 5) is 112. The Bertz CT molecular complexity index is 1470. The fourth-order valence-corrected chi connectivity index (χ4v) is 7.57. The van der Waals surface area contributed by atoms with E-state index in [1.807, 2.05) is 6.92 Å². The molecule has 0 aliphatic heterocycles. The molecule has 0 amide bonds. The number of hydrogen-bond acceptors (Lipinski definition) is 9. The van der Waals surface area contributed by atoms with E-state index in [9.17, 15) is 43.2 Å². The highest BCUT2D eigenvalue weighted by molar-refractivity contribution is 6.67. The third kappa shape index (κ3) is 16.9. The minimum Gasteiger partial charge on any atom is -0.299 e. The van der Waals surface area contributed by atoms with E-state index in [4.69, 9.17) is 92.8 Å². The molecule has 1 aromatic carbocycles. The third-order valence-electron chi connectivity index (χ3n) is 9.13. The fraction of sp³-hybridized carbons (Fsp3) is 0.571. The molecule has 0 aliphatic rings. The van der Waals surface area contributed by atoms with Gasteiger partial charge in [0.25, 0.3) is 0 Å². The molecule has 9 unspecified atom stereocenters. The van der Waals surface area contributed by atoms with Crippen LogP contribution < -0.4 is 0 Å². The summed E-state index contributed by atoms with van der Waals surface area (Å²) < 4.78 is 0. The molecule has 0 radical (unpaired) electrons. The monoisotopic (exact) mass is 882 g/mol. The highest BCUT2D eigenvalue weighted by Crippen LogP contribution is 2.37. The van der Waals surface area contributed by atoms with Crippen LogP contribution in [0.4, 0.5) is 0 Å². The van der Waals surface area contributed by atoms with Crippen LogP contribution in [0.1, 0.15) is 83.1 Å². The molecule has 0 aliphatic carbocycles. The van der Waals surface area contributed by atoms with Gasteiger partial charge < -0.3 is 0 Å². The van der Waals surface area contributed by atoms with E-state index in [0.717, 1.165) is 5.56 Å². The SMILES string of the molecule is CCC(C(=O)CC(CC(CC(CC(CC(CC(CC(CC(C)C(=O)Cl)C(=O)Cl)C(=O)Cl)C(=O)Cl)C(=O)Cl)C(=O)Cl)C(=O)Cl)C(=O)Cl)c1ccccc1. The Hall–Kier alpha value is -1.43. The van der Waals surface area contributed by atoms with Crippen molar-refractivity contribution in [3.8, 4) is 0 Å².